The van der Waals surface area contributed by atoms with E-state index >= 15 is 0 Å². The summed E-state index contributed by atoms with van der Waals surface area (Å²) in [6.07, 6.45) is 2.05. The highest BCUT2D eigenvalue weighted by molar-refractivity contribution is 5.96. The highest BCUT2D eigenvalue weighted by Gasteiger charge is 2.36. The molecule has 0 radical (unpaired) electrons. The highest BCUT2D eigenvalue weighted by atomic mass is 19.1. The number of hydrogen-bond acceptors (Lipinski definition) is 10. The molecule has 5 amide bonds. The topological polar surface area (TPSA) is 207 Å². The van der Waals surface area contributed by atoms with E-state index in [0.29, 0.717) is 17.6 Å². The molecular weight excluding hydrogens is 776 g/mol. The van der Waals surface area contributed by atoms with Crippen molar-refractivity contribution in [1.82, 2.24) is 25.8 Å². The largest absolute Gasteiger partial charge is 0.456 e. The quantitative estimate of drug-likeness (QED) is 0.233. The minimum atomic E-state index is -1.27. The summed E-state index contributed by atoms with van der Waals surface area (Å²) in [5, 5.41) is 8.00. The fraction of sp³-hybridized carbons (Fsp3) is 0.614. The molecule has 0 spiro atoms. The third kappa shape index (κ3) is 14.9. The van der Waals surface area contributed by atoms with Crippen LogP contribution >= 0.6 is 0 Å². The summed E-state index contributed by atoms with van der Waals surface area (Å²) in [5.41, 5.74) is 8.00. The summed E-state index contributed by atoms with van der Waals surface area (Å²) in [4.78, 5) is 98.0. The molecule has 2 rings (SSSR count). The Kier molecular flexibility index (Phi) is 20.1. The van der Waals surface area contributed by atoms with Gasteiger partial charge in [0.1, 0.15) is 36.1 Å². The lowest BCUT2D eigenvalue weighted by Gasteiger charge is -2.33. The Morgan fingerprint density at radius 2 is 1.52 bits per heavy atom. The summed E-state index contributed by atoms with van der Waals surface area (Å²) >= 11 is 0. The Morgan fingerprint density at radius 3 is 2.08 bits per heavy atom. The van der Waals surface area contributed by atoms with Crippen molar-refractivity contribution in [2.24, 2.45) is 23.5 Å². The van der Waals surface area contributed by atoms with Gasteiger partial charge in [-0.2, -0.15) is 0 Å². The Balaban J connectivity index is 2.63. The molecule has 60 heavy (non-hydrogen) atoms. The monoisotopic (exact) mass is 842 g/mol. The number of amides is 5. The van der Waals surface area contributed by atoms with Crippen LogP contribution in [0.5, 0.6) is 0 Å². The SMILES string of the molecule is C/C=C(\C)[C@H]1OC(=O)[C@@H](C)NC(=O)[C@H]([C@@H](C)CC)NC(=O)CN(C)C(=O)[C@@H](Cc2ccc(F)cc2)N(C)C(=O)[C@H](C)NC(=O)[C@@H](CC(C)C)OC(=O)/C(C)=C/C[C@H](N)[C@@H]1C. The Labute approximate surface area is 354 Å². The number of cyclic esters (lactones) is 2. The molecule has 1 aliphatic rings. The zero-order chi connectivity index (χ0) is 45.6. The van der Waals surface area contributed by atoms with Gasteiger partial charge < -0.3 is 41.0 Å². The van der Waals surface area contributed by atoms with Crippen LogP contribution < -0.4 is 21.7 Å². The maximum Gasteiger partial charge on any atom is 0.334 e. The molecule has 0 aromatic heterocycles. The van der Waals surface area contributed by atoms with Crippen molar-refractivity contribution >= 4 is 41.5 Å². The van der Waals surface area contributed by atoms with Crippen molar-refractivity contribution < 1.29 is 47.4 Å². The van der Waals surface area contributed by atoms with Gasteiger partial charge in [0.25, 0.3) is 5.91 Å². The van der Waals surface area contributed by atoms with Crippen LogP contribution in [0.15, 0.2) is 47.6 Å². The Morgan fingerprint density at radius 1 is 0.917 bits per heavy atom. The van der Waals surface area contributed by atoms with Crippen LogP contribution in [-0.2, 0) is 49.5 Å². The van der Waals surface area contributed by atoms with Gasteiger partial charge in [0, 0.05) is 38.0 Å². The fourth-order valence-electron chi connectivity index (χ4n) is 6.59. The van der Waals surface area contributed by atoms with Crippen LogP contribution in [0.3, 0.4) is 0 Å². The van der Waals surface area contributed by atoms with Crippen molar-refractivity contribution in [2.45, 2.75) is 137 Å². The van der Waals surface area contributed by atoms with Crippen molar-refractivity contribution in [3.8, 4) is 0 Å². The van der Waals surface area contributed by atoms with E-state index < -0.39 is 102 Å². The molecule has 0 fully saturated rings. The molecule has 16 heteroatoms. The van der Waals surface area contributed by atoms with E-state index in [0.717, 1.165) is 9.80 Å². The number of nitrogens with one attached hydrogen (secondary N) is 3. The first-order valence-electron chi connectivity index (χ1n) is 20.6. The van der Waals surface area contributed by atoms with E-state index in [-0.39, 0.29) is 36.7 Å². The second kappa shape index (κ2) is 23.6. The minimum Gasteiger partial charge on any atom is -0.456 e. The van der Waals surface area contributed by atoms with Crippen LogP contribution in [-0.4, -0.2) is 114 Å². The summed E-state index contributed by atoms with van der Waals surface area (Å²) in [5.74, 6) is -6.28. The third-order valence-corrected chi connectivity index (χ3v) is 11.0. The molecule has 1 aromatic rings. The number of nitrogens with two attached hydrogens (primary N) is 1. The smallest absolute Gasteiger partial charge is 0.334 e. The standard InChI is InChI=1S/C44H67FN6O9/c1-13-25(5)37-40(54)48-30(10)44(58)60-38(26(6)14-2)28(8)33(46)20-15-27(7)43(57)59-35(21-24(3)4)39(53)47-29(9)41(55)51(12)34(22-31-16-18-32(45)19-17-31)42(56)50(11)23-36(52)49-37/h14-19,24-25,28-30,33-35,37-38H,13,20-23,46H2,1-12H3,(H,47,53)(H,48,54)(H,49,52)/b26-14+,27-15+/t25-,28-,29-,30+,33-,34+,35+,37-,38+/m0/s1. The van der Waals surface area contributed by atoms with Gasteiger partial charge in [-0.1, -0.05) is 65.3 Å². The zero-order valence-corrected chi connectivity index (χ0v) is 37.3. The molecule has 334 valence electrons. The molecule has 0 saturated carbocycles. The Bertz CT molecular complexity index is 1750. The van der Waals surface area contributed by atoms with Gasteiger partial charge in [-0.3, -0.25) is 24.0 Å². The van der Waals surface area contributed by atoms with Crippen molar-refractivity contribution in [2.75, 3.05) is 20.6 Å². The molecule has 1 aromatic carbocycles. The maximum atomic E-state index is 14.1. The number of nitrogens with zero attached hydrogens (tertiary/aromatic N) is 2. The van der Waals surface area contributed by atoms with Crippen molar-refractivity contribution in [1.29, 1.82) is 0 Å². The van der Waals surface area contributed by atoms with E-state index in [1.807, 2.05) is 20.8 Å². The van der Waals surface area contributed by atoms with E-state index in [9.17, 15) is 38.0 Å². The summed E-state index contributed by atoms with van der Waals surface area (Å²) < 4.78 is 25.5. The lowest BCUT2D eigenvalue weighted by atomic mass is 9.89. The van der Waals surface area contributed by atoms with Crippen molar-refractivity contribution in [3.63, 3.8) is 0 Å². The van der Waals surface area contributed by atoms with E-state index in [4.69, 9.17) is 15.2 Å². The summed E-state index contributed by atoms with van der Waals surface area (Å²) in [6, 6.07) is 0.132. The third-order valence-electron chi connectivity index (χ3n) is 11.0. The number of benzene rings is 1. The molecule has 15 nitrogen and oxygen atoms in total. The van der Waals surface area contributed by atoms with Gasteiger partial charge in [0.15, 0.2) is 6.10 Å². The molecular formula is C44H67FN6O9. The molecule has 0 aliphatic carbocycles. The van der Waals surface area contributed by atoms with E-state index in [2.05, 4.69) is 16.0 Å². The second-order valence-electron chi connectivity index (χ2n) is 16.4. The number of hydrogen-bond donors (Lipinski definition) is 4. The molecule has 1 heterocycles. The lowest BCUT2D eigenvalue weighted by Crippen LogP contribution is -2.57. The second-order valence-corrected chi connectivity index (χ2v) is 16.4. The maximum absolute atomic E-state index is 14.1. The average molecular weight is 843 g/mol. The fourth-order valence-corrected chi connectivity index (χ4v) is 6.59. The van der Waals surface area contributed by atoms with E-state index in [1.165, 1.54) is 59.1 Å². The summed E-state index contributed by atoms with van der Waals surface area (Å²) in [6.45, 7) is 16.6. The predicted molar refractivity (Wildman–Crippen MR) is 225 cm³/mol. The predicted octanol–water partition coefficient (Wildman–Crippen LogP) is 3.34. The first-order valence-corrected chi connectivity index (χ1v) is 20.6. The Hall–Kier alpha value is -5.12. The zero-order valence-electron chi connectivity index (χ0n) is 37.3. The highest BCUT2D eigenvalue weighted by Crippen LogP contribution is 2.23. The normalized spacial score (nSPS) is 28.6. The molecule has 0 bridgehead atoms. The summed E-state index contributed by atoms with van der Waals surface area (Å²) in [7, 11) is 2.74. The molecule has 0 unspecified atom stereocenters. The van der Waals surface area contributed by atoms with Gasteiger partial charge in [-0.05, 0) is 82.6 Å². The molecule has 1 aliphatic heterocycles. The van der Waals surface area contributed by atoms with Crippen LogP contribution in [0, 0.1) is 23.6 Å². The number of carbonyl (C=O) groups is 7. The van der Waals surface area contributed by atoms with Gasteiger partial charge in [-0.15, -0.1) is 0 Å². The minimum absolute atomic E-state index is 0.0735. The number of carbonyl (C=O) groups excluding carboxylic acids is 7. The number of halogens is 1. The van der Waals surface area contributed by atoms with Crippen LogP contribution in [0.2, 0.25) is 0 Å². The average Bonchev–Trinajstić information content (AvgIpc) is 3.20. The van der Waals surface area contributed by atoms with Crippen LogP contribution in [0.4, 0.5) is 4.39 Å². The molecule has 9 atom stereocenters. The van der Waals surface area contributed by atoms with Gasteiger partial charge in [0.05, 0.1) is 6.54 Å². The van der Waals surface area contributed by atoms with Gasteiger partial charge in [0.2, 0.25) is 23.6 Å². The molecule has 0 saturated heterocycles. The van der Waals surface area contributed by atoms with E-state index in [1.54, 1.807) is 39.8 Å². The number of rotatable bonds is 7. The number of likely N-dealkylation sites (N-methyl/N-ethyl adjacent to an activating group) is 2. The number of allylic oxidation sites excluding steroid dienone is 1. The lowest BCUT2D eigenvalue weighted by molar-refractivity contribution is -0.154. The van der Waals surface area contributed by atoms with Crippen molar-refractivity contribution in [3.05, 3.63) is 58.9 Å². The van der Waals surface area contributed by atoms with Gasteiger partial charge in [-0.25, -0.2) is 14.0 Å². The van der Waals surface area contributed by atoms with Gasteiger partial charge >= 0.3 is 11.9 Å². The first kappa shape index (κ1) is 51.0. The van der Waals surface area contributed by atoms with Crippen LogP contribution in [0.1, 0.15) is 94.1 Å². The molecule has 5 N–H and O–H groups in total. The number of ether oxygens (including phenoxy) is 2. The first-order chi connectivity index (χ1) is 28.0. The number of esters is 2. The van der Waals surface area contributed by atoms with Crippen LogP contribution in [0.25, 0.3) is 0 Å².